The molecular weight excluding hydrogens is 254 g/mol. The number of nitrogens with zero attached hydrogens (tertiary/aromatic N) is 5. The van der Waals surface area contributed by atoms with Gasteiger partial charge in [-0.1, -0.05) is 12.1 Å². The Morgan fingerprint density at radius 2 is 1.80 bits per heavy atom. The van der Waals surface area contributed by atoms with Gasteiger partial charge in [-0.3, -0.25) is 0 Å². The van der Waals surface area contributed by atoms with E-state index in [9.17, 15) is 0 Å². The van der Waals surface area contributed by atoms with Crippen LogP contribution in [0, 0.1) is 13.8 Å². The van der Waals surface area contributed by atoms with Gasteiger partial charge < -0.3 is 10.0 Å². The first-order chi connectivity index (χ1) is 9.61. The largest absolute Gasteiger partial charge is 0.395 e. The van der Waals surface area contributed by atoms with E-state index in [0.717, 1.165) is 22.9 Å². The number of aromatic nitrogens is 3. The lowest BCUT2D eigenvalue weighted by Gasteiger charge is -2.17. The van der Waals surface area contributed by atoms with E-state index in [1.807, 2.05) is 50.1 Å². The topological polar surface area (TPSA) is 66.5 Å². The Morgan fingerprint density at radius 3 is 2.35 bits per heavy atom. The lowest BCUT2D eigenvalue weighted by molar-refractivity contribution is 0.304. The summed E-state index contributed by atoms with van der Waals surface area (Å²) in [6, 6.07) is 7.98. The number of aliphatic hydroxyl groups is 1. The van der Waals surface area contributed by atoms with E-state index in [0.29, 0.717) is 6.54 Å². The molecule has 0 saturated carbocycles. The highest BCUT2D eigenvalue weighted by Crippen LogP contribution is 2.12. The van der Waals surface area contributed by atoms with Crippen molar-refractivity contribution in [1.82, 2.24) is 14.9 Å². The number of hydrogen-bond acceptors (Lipinski definition) is 5. The van der Waals surface area contributed by atoms with Gasteiger partial charge in [0.2, 0.25) is 0 Å². The van der Waals surface area contributed by atoms with Crippen LogP contribution in [0.25, 0.3) is 0 Å². The van der Waals surface area contributed by atoms with Crippen molar-refractivity contribution >= 4 is 11.9 Å². The van der Waals surface area contributed by atoms with Crippen molar-refractivity contribution in [3.05, 3.63) is 41.5 Å². The van der Waals surface area contributed by atoms with Crippen molar-refractivity contribution in [3.8, 4) is 0 Å². The van der Waals surface area contributed by atoms with E-state index in [1.54, 1.807) is 10.9 Å². The van der Waals surface area contributed by atoms with Gasteiger partial charge in [0.25, 0.3) is 0 Å². The first kappa shape index (κ1) is 14.2. The molecule has 0 amide bonds. The number of anilines is 1. The first-order valence-corrected chi connectivity index (χ1v) is 6.47. The molecule has 2 aromatic rings. The molecule has 1 N–H and O–H groups in total. The summed E-state index contributed by atoms with van der Waals surface area (Å²) in [5.74, 6) is 1.52. The maximum atomic E-state index is 8.92. The number of hydrogen-bond donors (Lipinski definition) is 1. The Hall–Kier alpha value is -2.21. The molecule has 20 heavy (non-hydrogen) atoms. The predicted octanol–water partition coefficient (Wildman–Crippen LogP) is 1.21. The Kier molecular flexibility index (Phi) is 4.47. The molecule has 0 radical (unpaired) electrons. The van der Waals surface area contributed by atoms with Crippen molar-refractivity contribution in [2.75, 3.05) is 25.1 Å². The number of benzene rings is 1. The lowest BCUT2D eigenvalue weighted by atomic mass is 10.2. The highest BCUT2D eigenvalue weighted by Gasteiger charge is 2.02. The Balaban J connectivity index is 2.11. The van der Waals surface area contributed by atoms with Crippen LogP contribution in [0.4, 0.5) is 5.69 Å². The minimum atomic E-state index is 0.145. The van der Waals surface area contributed by atoms with E-state index >= 15 is 0 Å². The van der Waals surface area contributed by atoms with Crippen molar-refractivity contribution in [2.45, 2.75) is 13.8 Å². The van der Waals surface area contributed by atoms with Crippen LogP contribution in [-0.4, -0.2) is 46.4 Å². The highest BCUT2D eigenvalue weighted by molar-refractivity contribution is 5.80. The second-order valence-electron chi connectivity index (χ2n) is 4.59. The summed E-state index contributed by atoms with van der Waals surface area (Å²) in [6.45, 7) is 4.49. The van der Waals surface area contributed by atoms with Crippen molar-refractivity contribution in [2.24, 2.45) is 5.10 Å². The highest BCUT2D eigenvalue weighted by atomic mass is 16.3. The average Bonchev–Trinajstić information content (AvgIpc) is 2.77. The van der Waals surface area contributed by atoms with Crippen LogP contribution in [0.5, 0.6) is 0 Å². The lowest BCUT2D eigenvalue weighted by Crippen LogP contribution is -2.20. The Labute approximate surface area is 118 Å². The van der Waals surface area contributed by atoms with Crippen LogP contribution >= 0.6 is 0 Å². The predicted molar refractivity (Wildman–Crippen MR) is 79.3 cm³/mol. The quantitative estimate of drug-likeness (QED) is 0.831. The molecule has 6 nitrogen and oxygen atoms in total. The standard InChI is InChI=1S/C14H19N5O/c1-11-16-17-12(2)19(11)15-10-13-4-6-14(7-5-13)18(3)8-9-20/h4-7,10,20H,8-9H2,1-3H3/b15-10+. The second-order valence-corrected chi connectivity index (χ2v) is 4.59. The maximum absolute atomic E-state index is 8.92. The SMILES string of the molecule is Cc1nnc(C)n1/N=C/c1ccc(N(C)CCO)cc1. The van der Waals surface area contributed by atoms with E-state index in [4.69, 9.17) is 5.11 Å². The van der Waals surface area contributed by atoms with E-state index in [2.05, 4.69) is 15.3 Å². The third-order valence-electron chi connectivity index (χ3n) is 3.04. The van der Waals surface area contributed by atoms with E-state index in [-0.39, 0.29) is 6.61 Å². The number of aryl methyl sites for hydroxylation is 2. The molecule has 1 aromatic heterocycles. The van der Waals surface area contributed by atoms with Crippen LogP contribution in [0.1, 0.15) is 17.2 Å². The molecular formula is C14H19N5O. The molecule has 0 aliphatic heterocycles. The minimum Gasteiger partial charge on any atom is -0.395 e. The smallest absolute Gasteiger partial charge is 0.151 e. The summed E-state index contributed by atoms with van der Waals surface area (Å²) in [5.41, 5.74) is 2.06. The molecule has 0 bridgehead atoms. The fourth-order valence-corrected chi connectivity index (χ4v) is 1.85. The van der Waals surface area contributed by atoms with Crippen LogP contribution in [0.3, 0.4) is 0 Å². The number of likely N-dealkylation sites (N-methyl/N-ethyl adjacent to an activating group) is 1. The summed E-state index contributed by atoms with van der Waals surface area (Å²) >= 11 is 0. The number of rotatable bonds is 5. The maximum Gasteiger partial charge on any atom is 0.151 e. The molecule has 0 aliphatic rings. The Bertz CT molecular complexity index is 569. The molecule has 0 fully saturated rings. The van der Waals surface area contributed by atoms with Gasteiger partial charge in [-0.25, -0.2) is 4.68 Å². The minimum absolute atomic E-state index is 0.145. The van der Waals surface area contributed by atoms with E-state index in [1.165, 1.54) is 0 Å². The van der Waals surface area contributed by atoms with Gasteiger partial charge in [0.05, 0.1) is 12.8 Å². The van der Waals surface area contributed by atoms with Gasteiger partial charge in [-0.2, -0.15) is 5.10 Å². The second kappa shape index (κ2) is 6.29. The van der Waals surface area contributed by atoms with Gasteiger partial charge in [-0.15, -0.1) is 10.2 Å². The van der Waals surface area contributed by atoms with Crippen LogP contribution in [0.15, 0.2) is 29.4 Å². The third-order valence-corrected chi connectivity index (χ3v) is 3.04. The molecule has 1 aromatic carbocycles. The average molecular weight is 273 g/mol. The third kappa shape index (κ3) is 3.21. The van der Waals surface area contributed by atoms with Gasteiger partial charge in [0.15, 0.2) is 11.6 Å². The summed E-state index contributed by atoms with van der Waals surface area (Å²) in [6.07, 6.45) is 1.78. The number of aliphatic hydroxyl groups excluding tert-OH is 1. The molecule has 0 unspecified atom stereocenters. The normalized spacial score (nSPS) is 11.2. The molecule has 6 heteroatoms. The fourth-order valence-electron chi connectivity index (χ4n) is 1.85. The molecule has 0 saturated heterocycles. The van der Waals surface area contributed by atoms with Gasteiger partial charge in [0, 0.05) is 19.3 Å². The monoisotopic (exact) mass is 273 g/mol. The van der Waals surface area contributed by atoms with Crippen molar-refractivity contribution < 1.29 is 5.11 Å². The van der Waals surface area contributed by atoms with E-state index < -0.39 is 0 Å². The summed E-state index contributed by atoms with van der Waals surface area (Å²) in [4.78, 5) is 2.00. The summed E-state index contributed by atoms with van der Waals surface area (Å²) in [5, 5.41) is 21.2. The first-order valence-electron chi connectivity index (χ1n) is 6.47. The summed E-state index contributed by atoms with van der Waals surface area (Å²) < 4.78 is 1.70. The van der Waals surface area contributed by atoms with Crippen LogP contribution in [0.2, 0.25) is 0 Å². The van der Waals surface area contributed by atoms with Gasteiger partial charge in [-0.05, 0) is 31.5 Å². The molecule has 2 rings (SSSR count). The zero-order valence-electron chi connectivity index (χ0n) is 12.0. The summed E-state index contributed by atoms with van der Waals surface area (Å²) in [7, 11) is 1.95. The van der Waals surface area contributed by atoms with Crippen molar-refractivity contribution in [1.29, 1.82) is 0 Å². The zero-order valence-corrected chi connectivity index (χ0v) is 12.0. The molecule has 0 atom stereocenters. The van der Waals surface area contributed by atoms with Crippen LogP contribution < -0.4 is 4.90 Å². The van der Waals surface area contributed by atoms with Crippen molar-refractivity contribution in [3.63, 3.8) is 0 Å². The molecule has 0 aliphatic carbocycles. The van der Waals surface area contributed by atoms with Gasteiger partial charge in [0.1, 0.15) is 0 Å². The molecule has 0 spiro atoms. The van der Waals surface area contributed by atoms with Crippen LogP contribution in [-0.2, 0) is 0 Å². The zero-order chi connectivity index (χ0) is 14.5. The Morgan fingerprint density at radius 1 is 1.20 bits per heavy atom. The fraction of sp³-hybridized carbons (Fsp3) is 0.357. The molecule has 106 valence electrons. The molecule has 1 heterocycles. The van der Waals surface area contributed by atoms with Gasteiger partial charge >= 0.3 is 0 Å².